The molecule has 0 aliphatic carbocycles. The molecule has 106 valence electrons. The standard InChI is InChI=1S/C14H17N3O3/c15-9-12-4-1-5-13(14(12)17(19)20)16-7-2-3-11(10-16)6-8-18/h1,4-5,11,18H,2-3,6-8,10H2. The lowest BCUT2D eigenvalue weighted by Gasteiger charge is -2.34. The summed E-state index contributed by atoms with van der Waals surface area (Å²) in [6, 6.07) is 6.73. The number of nitriles is 1. The van der Waals surface area contributed by atoms with Gasteiger partial charge in [0.15, 0.2) is 0 Å². The molecule has 1 N–H and O–H groups in total. The molecule has 1 aliphatic rings. The normalized spacial score (nSPS) is 18.6. The van der Waals surface area contributed by atoms with Gasteiger partial charge in [0, 0.05) is 19.7 Å². The Bertz CT molecular complexity index is 537. The predicted molar refractivity (Wildman–Crippen MR) is 74.5 cm³/mol. The number of aliphatic hydroxyl groups excluding tert-OH is 1. The zero-order valence-electron chi connectivity index (χ0n) is 11.2. The Morgan fingerprint density at radius 3 is 3.00 bits per heavy atom. The van der Waals surface area contributed by atoms with Gasteiger partial charge in [0.1, 0.15) is 17.3 Å². The summed E-state index contributed by atoms with van der Waals surface area (Å²) in [4.78, 5) is 12.7. The highest BCUT2D eigenvalue weighted by Gasteiger charge is 2.27. The van der Waals surface area contributed by atoms with Crippen molar-refractivity contribution in [3.63, 3.8) is 0 Å². The van der Waals surface area contributed by atoms with Crippen LogP contribution < -0.4 is 4.90 Å². The van der Waals surface area contributed by atoms with Crippen LogP contribution in [0.2, 0.25) is 0 Å². The Kier molecular flexibility index (Phi) is 4.53. The minimum Gasteiger partial charge on any atom is -0.396 e. The topological polar surface area (TPSA) is 90.4 Å². The maximum absolute atomic E-state index is 11.2. The maximum atomic E-state index is 11.2. The van der Waals surface area contributed by atoms with Crippen LogP contribution in [-0.2, 0) is 0 Å². The second-order valence-corrected chi connectivity index (χ2v) is 5.01. The van der Waals surface area contributed by atoms with Crippen LogP contribution in [0.4, 0.5) is 11.4 Å². The van der Waals surface area contributed by atoms with Gasteiger partial charge in [0.25, 0.3) is 0 Å². The minimum atomic E-state index is -0.483. The summed E-state index contributed by atoms with van der Waals surface area (Å²) in [7, 11) is 0. The average Bonchev–Trinajstić information content (AvgIpc) is 2.47. The van der Waals surface area contributed by atoms with E-state index in [4.69, 9.17) is 10.4 Å². The predicted octanol–water partition coefficient (Wildman–Crippen LogP) is 2.07. The molecule has 1 aromatic carbocycles. The molecule has 1 fully saturated rings. The number of anilines is 1. The molecule has 0 radical (unpaired) electrons. The first-order valence-corrected chi connectivity index (χ1v) is 6.70. The van der Waals surface area contributed by atoms with E-state index in [9.17, 15) is 10.1 Å². The van der Waals surface area contributed by atoms with E-state index in [2.05, 4.69) is 0 Å². The van der Waals surface area contributed by atoms with Crippen LogP contribution in [0.3, 0.4) is 0 Å². The highest BCUT2D eigenvalue weighted by molar-refractivity contribution is 5.70. The number of para-hydroxylation sites is 1. The summed E-state index contributed by atoms with van der Waals surface area (Å²) >= 11 is 0. The average molecular weight is 275 g/mol. The summed E-state index contributed by atoms with van der Waals surface area (Å²) in [6.07, 6.45) is 2.68. The Morgan fingerprint density at radius 1 is 1.55 bits per heavy atom. The molecule has 1 unspecified atom stereocenters. The van der Waals surface area contributed by atoms with Gasteiger partial charge in [0.05, 0.1) is 4.92 Å². The van der Waals surface area contributed by atoms with Crippen LogP contribution in [-0.4, -0.2) is 29.7 Å². The van der Waals surface area contributed by atoms with Gasteiger partial charge in [-0.15, -0.1) is 0 Å². The number of hydrogen-bond donors (Lipinski definition) is 1. The molecule has 1 aliphatic heterocycles. The van der Waals surface area contributed by atoms with Crippen LogP contribution in [0, 0.1) is 27.4 Å². The van der Waals surface area contributed by atoms with Gasteiger partial charge in [-0.3, -0.25) is 10.1 Å². The van der Waals surface area contributed by atoms with E-state index in [0.29, 0.717) is 24.6 Å². The summed E-state index contributed by atoms with van der Waals surface area (Å²) in [6.45, 7) is 1.58. The molecule has 20 heavy (non-hydrogen) atoms. The number of nitrogens with zero attached hydrogens (tertiary/aromatic N) is 3. The van der Waals surface area contributed by atoms with E-state index in [1.54, 1.807) is 12.1 Å². The number of aliphatic hydroxyl groups is 1. The molecule has 0 saturated carbocycles. The third-order valence-electron chi connectivity index (χ3n) is 3.71. The molecule has 1 heterocycles. The number of hydrogen-bond acceptors (Lipinski definition) is 5. The lowest BCUT2D eigenvalue weighted by atomic mass is 9.94. The summed E-state index contributed by atoms with van der Waals surface area (Å²) in [5.74, 6) is 0.346. The number of piperidine rings is 1. The molecule has 0 bridgehead atoms. The second-order valence-electron chi connectivity index (χ2n) is 5.01. The fraction of sp³-hybridized carbons (Fsp3) is 0.500. The monoisotopic (exact) mass is 275 g/mol. The van der Waals surface area contributed by atoms with Crippen molar-refractivity contribution in [3.8, 4) is 6.07 Å². The summed E-state index contributed by atoms with van der Waals surface area (Å²) in [5, 5.41) is 29.3. The quantitative estimate of drug-likeness (QED) is 0.671. The van der Waals surface area contributed by atoms with Gasteiger partial charge < -0.3 is 10.0 Å². The largest absolute Gasteiger partial charge is 0.396 e. The summed E-state index contributed by atoms with van der Waals surface area (Å²) in [5.41, 5.74) is 0.494. The highest BCUT2D eigenvalue weighted by atomic mass is 16.6. The molecule has 0 aromatic heterocycles. The molecule has 6 nitrogen and oxygen atoms in total. The first kappa shape index (κ1) is 14.3. The van der Waals surface area contributed by atoms with Gasteiger partial charge >= 0.3 is 5.69 Å². The van der Waals surface area contributed by atoms with E-state index < -0.39 is 4.92 Å². The maximum Gasteiger partial charge on any atom is 0.310 e. The first-order chi connectivity index (χ1) is 9.67. The third-order valence-corrected chi connectivity index (χ3v) is 3.71. The van der Waals surface area contributed by atoms with E-state index in [0.717, 1.165) is 19.4 Å². The molecule has 1 saturated heterocycles. The van der Waals surface area contributed by atoms with Gasteiger partial charge in [-0.25, -0.2) is 0 Å². The number of nitro benzene ring substituents is 1. The molecule has 2 rings (SSSR count). The fourth-order valence-corrected chi connectivity index (χ4v) is 2.77. The van der Waals surface area contributed by atoms with Gasteiger partial charge in [-0.2, -0.15) is 5.26 Å². The van der Waals surface area contributed by atoms with Gasteiger partial charge in [-0.1, -0.05) is 6.07 Å². The smallest absolute Gasteiger partial charge is 0.310 e. The van der Waals surface area contributed by atoms with Crippen molar-refractivity contribution in [2.24, 2.45) is 5.92 Å². The second kappa shape index (κ2) is 6.35. The van der Waals surface area contributed by atoms with E-state index in [1.807, 2.05) is 11.0 Å². The van der Waals surface area contributed by atoms with Crippen molar-refractivity contribution in [1.29, 1.82) is 5.26 Å². The third kappa shape index (κ3) is 2.89. The fourth-order valence-electron chi connectivity index (χ4n) is 2.77. The Hall–Kier alpha value is -2.13. The molecule has 1 atom stereocenters. The van der Waals surface area contributed by atoms with Crippen molar-refractivity contribution >= 4 is 11.4 Å². The summed E-state index contributed by atoms with van der Waals surface area (Å²) < 4.78 is 0. The SMILES string of the molecule is N#Cc1cccc(N2CCCC(CCO)C2)c1[N+](=O)[O-]. The lowest BCUT2D eigenvalue weighted by Crippen LogP contribution is -2.36. The lowest BCUT2D eigenvalue weighted by molar-refractivity contribution is -0.384. The van der Waals surface area contributed by atoms with Crippen molar-refractivity contribution in [2.45, 2.75) is 19.3 Å². The molecular formula is C14H17N3O3. The van der Waals surface area contributed by atoms with Crippen molar-refractivity contribution in [2.75, 3.05) is 24.6 Å². The van der Waals surface area contributed by atoms with Crippen LogP contribution in [0.5, 0.6) is 0 Å². The van der Waals surface area contributed by atoms with Crippen LogP contribution in [0.1, 0.15) is 24.8 Å². The van der Waals surface area contributed by atoms with Crippen molar-refractivity contribution in [3.05, 3.63) is 33.9 Å². The minimum absolute atomic E-state index is 0.0942. The van der Waals surface area contributed by atoms with Crippen LogP contribution in [0.25, 0.3) is 0 Å². The van der Waals surface area contributed by atoms with E-state index >= 15 is 0 Å². The zero-order valence-corrected chi connectivity index (χ0v) is 11.2. The number of benzene rings is 1. The highest BCUT2D eigenvalue weighted by Crippen LogP contribution is 2.34. The molecule has 0 spiro atoms. The number of nitro groups is 1. The molecule has 6 heteroatoms. The van der Waals surface area contributed by atoms with Crippen LogP contribution in [0.15, 0.2) is 18.2 Å². The zero-order chi connectivity index (χ0) is 14.5. The Morgan fingerprint density at radius 2 is 2.35 bits per heavy atom. The molecule has 0 amide bonds. The Balaban J connectivity index is 2.32. The van der Waals surface area contributed by atoms with E-state index in [-0.39, 0.29) is 17.9 Å². The van der Waals surface area contributed by atoms with E-state index in [1.165, 1.54) is 6.07 Å². The molecular weight excluding hydrogens is 258 g/mol. The first-order valence-electron chi connectivity index (χ1n) is 6.70. The van der Waals surface area contributed by atoms with Crippen LogP contribution >= 0.6 is 0 Å². The van der Waals surface area contributed by atoms with Crippen molar-refractivity contribution < 1.29 is 10.0 Å². The van der Waals surface area contributed by atoms with Gasteiger partial charge in [-0.05, 0) is 37.3 Å². The van der Waals surface area contributed by atoms with Gasteiger partial charge in [0.2, 0.25) is 0 Å². The Labute approximate surface area is 117 Å². The van der Waals surface area contributed by atoms with Crippen molar-refractivity contribution in [1.82, 2.24) is 0 Å². The number of rotatable bonds is 4. The molecule has 1 aromatic rings.